The first-order chi connectivity index (χ1) is 15.1. The first-order valence-electron chi connectivity index (χ1n) is 10.3. The van der Waals surface area contributed by atoms with Crippen molar-refractivity contribution in [1.29, 1.82) is 0 Å². The topological polar surface area (TPSA) is 45.2 Å². The minimum Gasteiger partial charge on any atom is -0.384 e. The van der Waals surface area contributed by atoms with Crippen LogP contribution in [0.15, 0.2) is 85.1 Å². The third-order valence-corrected chi connectivity index (χ3v) is 5.51. The summed E-state index contributed by atoms with van der Waals surface area (Å²) in [4.78, 5) is 18.9. The summed E-state index contributed by atoms with van der Waals surface area (Å²) >= 11 is 6.05. The third-order valence-electron chi connectivity index (χ3n) is 5.28. The number of nitrogens with zero attached hydrogens (tertiary/aromatic N) is 2. The lowest BCUT2D eigenvalue weighted by Gasteiger charge is -2.18. The molecule has 3 aromatic carbocycles. The highest BCUT2D eigenvalue weighted by molar-refractivity contribution is 6.31. The zero-order valence-corrected chi connectivity index (χ0v) is 18.1. The molecular weight excluding hydrogens is 406 g/mol. The van der Waals surface area contributed by atoms with Gasteiger partial charge in [-0.1, -0.05) is 54.1 Å². The Bertz CT molecular complexity index is 1180. The quantitative estimate of drug-likeness (QED) is 0.359. The van der Waals surface area contributed by atoms with Gasteiger partial charge in [-0.15, -0.1) is 0 Å². The van der Waals surface area contributed by atoms with Crippen molar-refractivity contribution in [2.45, 2.75) is 6.42 Å². The Morgan fingerprint density at radius 2 is 1.71 bits per heavy atom. The molecular formula is C26H24ClN3O. The summed E-state index contributed by atoms with van der Waals surface area (Å²) in [7, 11) is 1.84. The number of fused-ring (bicyclic) bond motifs is 1. The number of anilines is 1. The van der Waals surface area contributed by atoms with E-state index in [2.05, 4.69) is 22.4 Å². The van der Waals surface area contributed by atoms with Gasteiger partial charge in [-0.2, -0.15) is 0 Å². The second-order valence-electron chi connectivity index (χ2n) is 7.47. The summed E-state index contributed by atoms with van der Waals surface area (Å²) in [6.45, 7) is 1.42. The standard InChI is InChI=1S/C26H24ClN3O/c1-30(26(31)21-10-8-20(9-11-21)19-6-3-2-4-7-19)17-5-15-28-24-14-16-29-25-18-22(27)12-13-23(24)25/h2-4,6-14,16,18H,5,15,17H2,1H3,(H,28,29). The summed E-state index contributed by atoms with van der Waals surface area (Å²) in [5, 5.41) is 5.16. The molecule has 4 rings (SSSR count). The molecule has 156 valence electrons. The van der Waals surface area contributed by atoms with Gasteiger partial charge in [0.25, 0.3) is 5.91 Å². The predicted molar refractivity (Wildman–Crippen MR) is 129 cm³/mol. The number of rotatable bonds is 7. The van der Waals surface area contributed by atoms with E-state index in [9.17, 15) is 4.79 Å². The van der Waals surface area contributed by atoms with Crippen LogP contribution in [0.4, 0.5) is 5.69 Å². The van der Waals surface area contributed by atoms with E-state index in [0.717, 1.165) is 40.7 Å². The average Bonchev–Trinajstić information content (AvgIpc) is 2.81. The molecule has 0 unspecified atom stereocenters. The molecule has 31 heavy (non-hydrogen) atoms. The van der Waals surface area contributed by atoms with Gasteiger partial charge < -0.3 is 10.2 Å². The number of amides is 1. The summed E-state index contributed by atoms with van der Waals surface area (Å²) in [6.07, 6.45) is 2.61. The molecule has 0 saturated heterocycles. The Kier molecular flexibility index (Phi) is 6.48. The van der Waals surface area contributed by atoms with Gasteiger partial charge in [0.2, 0.25) is 0 Å². The monoisotopic (exact) mass is 429 g/mol. The van der Waals surface area contributed by atoms with E-state index in [-0.39, 0.29) is 5.91 Å². The van der Waals surface area contributed by atoms with Crippen LogP contribution in [0, 0.1) is 0 Å². The van der Waals surface area contributed by atoms with Crippen molar-refractivity contribution >= 4 is 34.1 Å². The van der Waals surface area contributed by atoms with Crippen LogP contribution in [0.3, 0.4) is 0 Å². The van der Waals surface area contributed by atoms with E-state index in [0.29, 0.717) is 17.1 Å². The largest absolute Gasteiger partial charge is 0.384 e. The van der Waals surface area contributed by atoms with Crippen LogP contribution in [-0.2, 0) is 0 Å². The van der Waals surface area contributed by atoms with Crippen molar-refractivity contribution in [2.75, 3.05) is 25.5 Å². The number of pyridine rings is 1. The normalized spacial score (nSPS) is 10.8. The smallest absolute Gasteiger partial charge is 0.253 e. The number of hydrogen-bond donors (Lipinski definition) is 1. The van der Waals surface area contributed by atoms with E-state index in [1.807, 2.05) is 73.8 Å². The Morgan fingerprint density at radius 3 is 2.48 bits per heavy atom. The summed E-state index contributed by atoms with van der Waals surface area (Å²) in [6, 6.07) is 25.6. The molecule has 0 aliphatic heterocycles. The van der Waals surface area contributed by atoms with Gasteiger partial charge in [-0.05, 0) is 53.9 Å². The SMILES string of the molecule is CN(CCCNc1ccnc2cc(Cl)ccc12)C(=O)c1ccc(-c2ccccc2)cc1. The van der Waals surface area contributed by atoms with E-state index >= 15 is 0 Å². The fourth-order valence-corrected chi connectivity index (χ4v) is 3.74. The molecule has 1 N–H and O–H groups in total. The van der Waals surface area contributed by atoms with Crippen LogP contribution in [0.1, 0.15) is 16.8 Å². The van der Waals surface area contributed by atoms with Crippen LogP contribution >= 0.6 is 11.6 Å². The molecule has 0 aliphatic rings. The first-order valence-corrected chi connectivity index (χ1v) is 10.7. The predicted octanol–water partition coefficient (Wildman–Crippen LogP) is 6.13. The van der Waals surface area contributed by atoms with Gasteiger partial charge in [-0.25, -0.2) is 0 Å². The highest BCUT2D eigenvalue weighted by Crippen LogP contribution is 2.24. The summed E-state index contributed by atoms with van der Waals surface area (Å²) < 4.78 is 0. The zero-order chi connectivity index (χ0) is 21.6. The highest BCUT2D eigenvalue weighted by Gasteiger charge is 2.11. The van der Waals surface area contributed by atoms with Gasteiger partial charge in [-0.3, -0.25) is 9.78 Å². The molecule has 4 nitrogen and oxygen atoms in total. The molecule has 0 saturated carbocycles. The molecule has 5 heteroatoms. The number of carbonyl (C=O) groups is 1. The highest BCUT2D eigenvalue weighted by atomic mass is 35.5. The Balaban J connectivity index is 1.31. The van der Waals surface area contributed by atoms with E-state index < -0.39 is 0 Å². The summed E-state index contributed by atoms with van der Waals surface area (Å²) in [5.41, 5.74) is 4.84. The summed E-state index contributed by atoms with van der Waals surface area (Å²) in [5.74, 6) is 0.0311. The van der Waals surface area contributed by atoms with Crippen molar-refractivity contribution in [1.82, 2.24) is 9.88 Å². The second kappa shape index (κ2) is 9.63. The fraction of sp³-hybridized carbons (Fsp3) is 0.154. The van der Waals surface area contributed by atoms with Crippen LogP contribution in [0.2, 0.25) is 5.02 Å². The van der Waals surface area contributed by atoms with E-state index in [1.165, 1.54) is 0 Å². The van der Waals surface area contributed by atoms with E-state index in [4.69, 9.17) is 11.6 Å². The van der Waals surface area contributed by atoms with Crippen molar-refractivity contribution < 1.29 is 4.79 Å². The van der Waals surface area contributed by atoms with Crippen LogP contribution in [0.25, 0.3) is 22.0 Å². The van der Waals surface area contributed by atoms with E-state index in [1.54, 1.807) is 11.1 Å². The van der Waals surface area contributed by atoms with Gasteiger partial charge in [0.05, 0.1) is 5.52 Å². The number of halogens is 1. The molecule has 0 spiro atoms. The van der Waals surface area contributed by atoms with Gasteiger partial charge in [0.15, 0.2) is 0 Å². The maximum absolute atomic E-state index is 12.7. The molecule has 0 fully saturated rings. The first kappa shape index (κ1) is 20.9. The molecule has 1 heterocycles. The van der Waals surface area contributed by atoms with Gasteiger partial charge in [0, 0.05) is 48.0 Å². The van der Waals surface area contributed by atoms with Crippen LogP contribution in [-0.4, -0.2) is 35.9 Å². The molecule has 4 aromatic rings. The molecule has 1 aromatic heterocycles. The lowest BCUT2D eigenvalue weighted by molar-refractivity contribution is 0.0794. The molecule has 1 amide bonds. The zero-order valence-electron chi connectivity index (χ0n) is 17.4. The van der Waals surface area contributed by atoms with Gasteiger partial charge in [0.1, 0.15) is 0 Å². The Hall–Kier alpha value is -3.37. The molecule has 0 aliphatic carbocycles. The maximum atomic E-state index is 12.7. The second-order valence-corrected chi connectivity index (χ2v) is 7.91. The van der Waals surface area contributed by atoms with Crippen molar-refractivity contribution in [3.63, 3.8) is 0 Å². The number of carbonyl (C=O) groups excluding carboxylic acids is 1. The fourth-order valence-electron chi connectivity index (χ4n) is 3.57. The minimum atomic E-state index is 0.0311. The number of aromatic nitrogens is 1. The Morgan fingerprint density at radius 1 is 0.968 bits per heavy atom. The minimum absolute atomic E-state index is 0.0311. The average molecular weight is 430 g/mol. The molecule has 0 bridgehead atoms. The number of benzene rings is 3. The Labute approximate surface area is 187 Å². The third kappa shape index (κ3) is 5.04. The van der Waals surface area contributed by atoms with Gasteiger partial charge >= 0.3 is 0 Å². The number of nitrogens with one attached hydrogen (secondary N) is 1. The molecule has 0 atom stereocenters. The lowest BCUT2D eigenvalue weighted by atomic mass is 10.0. The maximum Gasteiger partial charge on any atom is 0.253 e. The van der Waals surface area contributed by atoms with Crippen molar-refractivity contribution in [3.8, 4) is 11.1 Å². The van der Waals surface area contributed by atoms with Crippen molar-refractivity contribution in [2.24, 2.45) is 0 Å². The van der Waals surface area contributed by atoms with Crippen molar-refractivity contribution in [3.05, 3.63) is 95.6 Å². The molecule has 0 radical (unpaired) electrons. The van der Waals surface area contributed by atoms with Crippen LogP contribution in [0.5, 0.6) is 0 Å². The lowest BCUT2D eigenvalue weighted by Crippen LogP contribution is -2.28. The number of hydrogen-bond acceptors (Lipinski definition) is 3. The van der Waals surface area contributed by atoms with Crippen LogP contribution < -0.4 is 5.32 Å².